The van der Waals surface area contributed by atoms with Crippen molar-refractivity contribution in [3.05, 3.63) is 70.5 Å². The van der Waals surface area contributed by atoms with E-state index in [1.165, 1.54) is 30.9 Å². The Balaban J connectivity index is 0.000000574. The smallest absolute Gasteiger partial charge is 0.342 e. The number of hydrogen-bond donors (Lipinski definition) is 1. The van der Waals surface area contributed by atoms with Gasteiger partial charge in [0.1, 0.15) is 5.82 Å². The van der Waals surface area contributed by atoms with Crippen LogP contribution in [0.2, 0.25) is 0 Å². The Morgan fingerprint density at radius 2 is 1.32 bits per heavy atom. The van der Waals surface area contributed by atoms with Crippen LogP contribution in [0.15, 0.2) is 42.5 Å². The molecule has 1 saturated heterocycles. The topological polar surface area (TPSA) is 32.3 Å². The Kier molecular flexibility index (Phi) is 11.6. The number of benzene rings is 2. The van der Waals surface area contributed by atoms with E-state index in [1.807, 2.05) is 26.8 Å². The van der Waals surface area contributed by atoms with Crippen molar-refractivity contribution in [3.8, 4) is 0 Å². The predicted octanol–water partition coefficient (Wildman–Crippen LogP) is 7.37. The molecule has 2 aromatic rings. The first-order valence-corrected chi connectivity index (χ1v) is 12.0. The standard InChI is InChI=1S/C18H22F6N2O.C7H7F.C2H6/c1-16(2,15(27)26(3)14-4-6-25-7-5-14)11-8-12(17(19,20)21)10-13(9-11)18(22,23)24;1-6-3-2-4-7(8)5-6;1-2/h8-10,14,25H,4-7H2,1-3H3;2-5H,1H3;1-2H3. The highest BCUT2D eigenvalue weighted by atomic mass is 19.4. The fourth-order valence-corrected chi connectivity index (χ4v) is 3.85. The normalized spacial score (nSPS) is 14.6. The molecule has 1 aliphatic rings. The fraction of sp³-hybridized carbons (Fsp3) is 0.519. The number of rotatable bonds is 3. The van der Waals surface area contributed by atoms with E-state index >= 15 is 0 Å². The number of halogens is 7. The molecule has 1 aliphatic heterocycles. The van der Waals surface area contributed by atoms with Gasteiger partial charge in [-0.25, -0.2) is 4.39 Å². The largest absolute Gasteiger partial charge is 0.416 e. The lowest BCUT2D eigenvalue weighted by Crippen LogP contribution is -2.49. The summed E-state index contributed by atoms with van der Waals surface area (Å²) in [5, 5.41) is 3.14. The van der Waals surface area contributed by atoms with Crippen molar-refractivity contribution in [1.29, 1.82) is 0 Å². The number of nitrogens with one attached hydrogen (secondary N) is 1. The zero-order valence-electron chi connectivity index (χ0n) is 21.9. The number of amides is 1. The van der Waals surface area contributed by atoms with Crippen molar-refractivity contribution in [1.82, 2.24) is 10.2 Å². The molecule has 0 unspecified atom stereocenters. The summed E-state index contributed by atoms with van der Waals surface area (Å²) < 4.78 is 90.8. The Hall–Kier alpha value is -2.62. The predicted molar refractivity (Wildman–Crippen MR) is 131 cm³/mol. The van der Waals surface area contributed by atoms with Crippen LogP contribution in [0.1, 0.15) is 62.8 Å². The Morgan fingerprint density at radius 3 is 1.70 bits per heavy atom. The van der Waals surface area contributed by atoms with Crippen LogP contribution in [0.4, 0.5) is 30.7 Å². The second kappa shape index (κ2) is 13.3. The quantitative estimate of drug-likeness (QED) is 0.416. The lowest BCUT2D eigenvalue weighted by molar-refractivity contribution is -0.144. The number of alkyl halides is 6. The summed E-state index contributed by atoms with van der Waals surface area (Å²) in [6.45, 7) is 9.96. The first-order valence-electron chi connectivity index (χ1n) is 12.0. The second-order valence-corrected chi connectivity index (χ2v) is 9.12. The van der Waals surface area contributed by atoms with Gasteiger partial charge in [0.2, 0.25) is 5.91 Å². The van der Waals surface area contributed by atoms with Crippen LogP contribution in [0.3, 0.4) is 0 Å². The molecule has 1 heterocycles. The maximum absolute atomic E-state index is 13.1. The van der Waals surface area contributed by atoms with Gasteiger partial charge in [-0.15, -0.1) is 0 Å². The molecule has 0 aliphatic carbocycles. The van der Waals surface area contributed by atoms with Gasteiger partial charge in [0.25, 0.3) is 0 Å². The summed E-state index contributed by atoms with van der Waals surface area (Å²) in [4.78, 5) is 14.4. The van der Waals surface area contributed by atoms with E-state index in [9.17, 15) is 35.5 Å². The monoisotopic (exact) mass is 536 g/mol. The molecule has 10 heteroatoms. The van der Waals surface area contributed by atoms with Crippen LogP contribution in [0.5, 0.6) is 0 Å². The summed E-state index contributed by atoms with van der Waals surface area (Å²) in [6, 6.07) is 7.72. The van der Waals surface area contributed by atoms with E-state index in [0.717, 1.165) is 5.56 Å². The molecule has 1 amide bonds. The summed E-state index contributed by atoms with van der Waals surface area (Å²) in [7, 11) is 1.54. The minimum Gasteiger partial charge on any atom is -0.342 e. The minimum absolute atomic E-state index is 0.0700. The third-order valence-electron chi connectivity index (χ3n) is 6.00. The Morgan fingerprint density at radius 1 is 0.865 bits per heavy atom. The molecule has 2 aromatic carbocycles. The van der Waals surface area contributed by atoms with E-state index in [4.69, 9.17) is 0 Å². The van der Waals surface area contributed by atoms with Crippen LogP contribution in [0, 0.1) is 12.7 Å². The summed E-state index contributed by atoms with van der Waals surface area (Å²) in [6.07, 6.45) is -8.55. The molecule has 0 saturated carbocycles. The summed E-state index contributed by atoms with van der Waals surface area (Å²) >= 11 is 0. The number of carbonyl (C=O) groups excluding carboxylic acids is 1. The average Bonchev–Trinajstić information content (AvgIpc) is 2.83. The van der Waals surface area contributed by atoms with Gasteiger partial charge in [0, 0.05) is 13.1 Å². The van der Waals surface area contributed by atoms with E-state index < -0.39 is 34.8 Å². The highest BCUT2D eigenvalue weighted by Gasteiger charge is 2.41. The van der Waals surface area contributed by atoms with Crippen LogP contribution in [-0.2, 0) is 22.6 Å². The molecule has 0 spiro atoms. The lowest BCUT2D eigenvalue weighted by Gasteiger charge is -2.37. The zero-order chi connectivity index (χ0) is 28.6. The number of hydrogen-bond acceptors (Lipinski definition) is 2. The third-order valence-corrected chi connectivity index (χ3v) is 6.00. The van der Waals surface area contributed by atoms with Crippen molar-refractivity contribution < 1.29 is 35.5 Å². The molecule has 0 atom stereocenters. The van der Waals surface area contributed by atoms with E-state index in [2.05, 4.69) is 5.32 Å². The van der Waals surface area contributed by atoms with Crippen LogP contribution in [0.25, 0.3) is 0 Å². The van der Waals surface area contributed by atoms with Crippen molar-refractivity contribution in [3.63, 3.8) is 0 Å². The molecular weight excluding hydrogens is 501 g/mol. The lowest BCUT2D eigenvalue weighted by atomic mass is 9.81. The number of piperidine rings is 1. The molecule has 0 aromatic heterocycles. The SMILES string of the molecule is CC.CN(C(=O)C(C)(C)c1cc(C(F)(F)F)cc(C(F)(F)F)c1)C1CCNCC1.Cc1cccc(F)c1. The van der Waals surface area contributed by atoms with Gasteiger partial charge >= 0.3 is 12.4 Å². The highest BCUT2D eigenvalue weighted by Crippen LogP contribution is 2.39. The second-order valence-electron chi connectivity index (χ2n) is 9.12. The number of aryl methyl sites for hydroxylation is 1. The van der Waals surface area contributed by atoms with Crippen LogP contribution >= 0.6 is 0 Å². The maximum atomic E-state index is 13.1. The van der Waals surface area contributed by atoms with Gasteiger partial charge in [-0.3, -0.25) is 4.79 Å². The van der Waals surface area contributed by atoms with Crippen molar-refractivity contribution in [2.75, 3.05) is 20.1 Å². The van der Waals surface area contributed by atoms with Crippen molar-refractivity contribution in [2.24, 2.45) is 0 Å². The zero-order valence-corrected chi connectivity index (χ0v) is 21.9. The molecule has 208 valence electrons. The number of likely N-dealkylation sites (N-methyl/N-ethyl adjacent to an activating group) is 1. The molecule has 37 heavy (non-hydrogen) atoms. The molecule has 1 fully saturated rings. The van der Waals surface area contributed by atoms with E-state index in [0.29, 0.717) is 38.1 Å². The third kappa shape index (κ3) is 9.32. The summed E-state index contributed by atoms with van der Waals surface area (Å²) in [5.41, 5.74) is -3.73. The molecule has 3 rings (SSSR count). The van der Waals surface area contributed by atoms with Crippen molar-refractivity contribution in [2.45, 2.75) is 71.3 Å². The minimum atomic E-state index is -4.95. The summed E-state index contributed by atoms with van der Waals surface area (Å²) in [5.74, 6) is -0.674. The molecule has 1 N–H and O–H groups in total. The number of carbonyl (C=O) groups is 1. The Bertz CT molecular complexity index is 961. The van der Waals surface area contributed by atoms with Gasteiger partial charge in [-0.05, 0) is 88.2 Å². The van der Waals surface area contributed by atoms with Crippen molar-refractivity contribution >= 4 is 5.91 Å². The Labute approximate surface area is 214 Å². The molecule has 0 bridgehead atoms. The highest BCUT2D eigenvalue weighted by molar-refractivity contribution is 5.87. The molecule has 3 nitrogen and oxygen atoms in total. The van der Waals surface area contributed by atoms with E-state index in [1.54, 1.807) is 13.1 Å². The van der Waals surface area contributed by atoms with Crippen LogP contribution < -0.4 is 5.32 Å². The first kappa shape index (κ1) is 32.4. The van der Waals surface area contributed by atoms with Gasteiger partial charge in [-0.1, -0.05) is 26.0 Å². The van der Waals surface area contributed by atoms with Gasteiger partial charge in [0.05, 0.1) is 16.5 Å². The maximum Gasteiger partial charge on any atom is 0.416 e. The van der Waals surface area contributed by atoms with Gasteiger partial charge < -0.3 is 10.2 Å². The van der Waals surface area contributed by atoms with Gasteiger partial charge in [0.15, 0.2) is 0 Å². The molecular formula is C27H35F7N2O. The van der Waals surface area contributed by atoms with Gasteiger partial charge in [-0.2, -0.15) is 26.3 Å². The average molecular weight is 537 g/mol. The van der Waals surface area contributed by atoms with Crippen LogP contribution in [-0.4, -0.2) is 37.0 Å². The first-order chi connectivity index (χ1) is 17.0. The molecule has 0 radical (unpaired) electrons. The fourth-order valence-electron chi connectivity index (χ4n) is 3.85. The number of nitrogens with zero attached hydrogens (tertiary/aromatic N) is 1. The van der Waals surface area contributed by atoms with E-state index in [-0.39, 0.29) is 23.5 Å².